The fourth-order valence-corrected chi connectivity index (χ4v) is 9.08. The number of hydrogen-bond donors (Lipinski definition) is 0. The molecule has 19 heteroatoms. The van der Waals surface area contributed by atoms with E-state index >= 15 is 0 Å². The van der Waals surface area contributed by atoms with E-state index in [1.54, 1.807) is 0 Å². The second-order valence-corrected chi connectivity index (χ2v) is 17.5. The number of nitrogens with zero attached hydrogens (tertiary/aromatic N) is 2. The van der Waals surface area contributed by atoms with Crippen molar-refractivity contribution < 1.29 is 71.5 Å². The Morgan fingerprint density at radius 1 is 0.623 bits per heavy atom. The van der Waals surface area contributed by atoms with E-state index in [9.17, 15) is 29.3 Å². The van der Waals surface area contributed by atoms with E-state index < -0.39 is 96.6 Å². The molecule has 18 nitrogen and oxygen atoms in total. The Morgan fingerprint density at radius 2 is 1.13 bits per heavy atom. The number of nitro benzene ring substituents is 1. The van der Waals surface area contributed by atoms with Crippen LogP contribution in [-0.2, 0) is 86.4 Å². The maximum Gasteiger partial charge on any atom is 0.303 e. The highest BCUT2D eigenvalue weighted by Crippen LogP contribution is 2.43. The number of carbonyl (C=O) groups excluding carboxylic acids is 4. The molecule has 4 aromatic rings. The number of ether oxygens (including phenoxy) is 10. The van der Waals surface area contributed by atoms with Crippen LogP contribution in [0.2, 0.25) is 0 Å². The molecular weight excluding hydrogens is 1010 g/mol. The zero-order valence-electron chi connectivity index (χ0n) is 38.3. The number of aliphatic imine (C=N–C) groups is 1. The summed E-state index contributed by atoms with van der Waals surface area (Å²) in [4.78, 5) is 66.0. The van der Waals surface area contributed by atoms with Crippen LogP contribution in [0.1, 0.15) is 62.4 Å². The van der Waals surface area contributed by atoms with Crippen molar-refractivity contribution in [3.63, 3.8) is 0 Å². The van der Waals surface area contributed by atoms with Gasteiger partial charge in [0.15, 0.2) is 24.5 Å². The zero-order valence-corrected chi connectivity index (χ0v) is 40.5. The van der Waals surface area contributed by atoms with Crippen LogP contribution in [0, 0.1) is 10.1 Å². The first kappa shape index (κ1) is 50.8. The van der Waals surface area contributed by atoms with Gasteiger partial charge in [-0.2, -0.15) is 0 Å². The second kappa shape index (κ2) is 23.5. The summed E-state index contributed by atoms with van der Waals surface area (Å²) in [7, 11) is 0. The van der Waals surface area contributed by atoms with Gasteiger partial charge >= 0.3 is 23.9 Å². The van der Waals surface area contributed by atoms with E-state index in [1.165, 1.54) is 18.2 Å². The lowest BCUT2D eigenvalue weighted by atomic mass is 9.93. The Morgan fingerprint density at radius 3 is 1.65 bits per heavy atom. The van der Waals surface area contributed by atoms with E-state index in [2.05, 4.69) is 22.6 Å². The minimum atomic E-state index is -1.60. The molecule has 0 radical (unpaired) electrons. The molecule has 0 aromatic heterocycles. The quantitative estimate of drug-likeness (QED) is 0.0339. The number of carbonyl (C=O) groups is 4. The van der Waals surface area contributed by atoms with E-state index in [0.717, 1.165) is 44.4 Å². The van der Waals surface area contributed by atoms with E-state index in [-0.39, 0.29) is 42.7 Å². The van der Waals surface area contributed by atoms with Gasteiger partial charge in [-0.25, -0.2) is 4.99 Å². The largest absolute Gasteiger partial charge is 0.463 e. The minimum absolute atomic E-state index is 0.146. The molecule has 3 aliphatic rings. The van der Waals surface area contributed by atoms with E-state index in [4.69, 9.17) is 52.4 Å². The first-order valence-electron chi connectivity index (χ1n) is 22.0. The molecule has 0 saturated carbocycles. The molecule has 0 unspecified atom stereocenters. The molecule has 0 amide bonds. The number of fused-ring (bicyclic) bond motifs is 1. The van der Waals surface area contributed by atoms with Crippen LogP contribution >= 0.6 is 22.6 Å². The molecule has 69 heavy (non-hydrogen) atoms. The molecule has 0 bridgehead atoms. The number of rotatable bonds is 17. The standard InChI is InChI=1S/C50H51IN2O16/c1-28-41(61-24-33-15-9-6-10-16-33)45(62-25-34-17-11-7-12-18-34)46(63-26-35-19-13-8-14-20-35)44(64-28)40(51)42-37-22-21-36(53(58)59)23-38(37)49(69-42)52-50-48(67-32(5)57)47(66-31(4)56)43(65-30(3)55)39(68-50)27-60-29(2)54/h6-23,28,39,41,43-48,50H,24-27H2,1-5H3/b42-40+,52-49-/t28-,39+,41+,43-,44-,45+,46+,47-,48+,50+/m0/s1. The van der Waals surface area contributed by atoms with Crippen LogP contribution in [-0.4, -0.2) is 102 Å². The summed E-state index contributed by atoms with van der Waals surface area (Å²) < 4.78 is 62.6. The summed E-state index contributed by atoms with van der Waals surface area (Å²) in [5, 5.41) is 12.3. The van der Waals surface area contributed by atoms with Crippen molar-refractivity contribution >= 4 is 63.8 Å². The van der Waals surface area contributed by atoms with Crippen molar-refractivity contribution in [2.75, 3.05) is 6.61 Å². The predicted molar refractivity (Wildman–Crippen MR) is 253 cm³/mol. The topological polar surface area (TPSA) is 216 Å². The van der Waals surface area contributed by atoms with Gasteiger partial charge in [-0.15, -0.1) is 0 Å². The van der Waals surface area contributed by atoms with Crippen molar-refractivity contribution in [1.29, 1.82) is 0 Å². The SMILES string of the molecule is CC(=O)OC[C@H]1O[C@@H](/N=C2\O/C(=C(/I)[C@@H]3O[C@@H](C)[C@@H](OCc4ccccc4)[C@@H](OCc4ccccc4)[C@@H]3OCc3ccccc3)c3ccc([N+](=O)[O-])cc32)[C@H](OC(C)=O)[C@@H](OC(C)=O)[C@H]1OC(C)=O. The Hall–Kier alpha value is -6.10. The summed E-state index contributed by atoms with van der Waals surface area (Å²) in [5.74, 6) is -3.21. The molecule has 7 rings (SSSR count). The van der Waals surface area contributed by atoms with Gasteiger partial charge in [0.25, 0.3) is 5.69 Å². The van der Waals surface area contributed by atoms with Gasteiger partial charge in [-0.1, -0.05) is 91.0 Å². The summed E-state index contributed by atoms with van der Waals surface area (Å²) in [5.41, 5.74) is 2.96. The van der Waals surface area contributed by atoms with Gasteiger partial charge in [0.05, 0.1) is 40.0 Å². The third kappa shape index (κ3) is 13.0. The Kier molecular flexibility index (Phi) is 17.3. The van der Waals surface area contributed by atoms with Gasteiger partial charge in [-0.3, -0.25) is 29.3 Å². The highest BCUT2D eigenvalue weighted by Gasteiger charge is 2.53. The van der Waals surface area contributed by atoms with Gasteiger partial charge in [-0.05, 0) is 52.3 Å². The van der Waals surface area contributed by atoms with Gasteiger partial charge in [0.2, 0.25) is 5.90 Å². The molecule has 0 spiro atoms. The first-order chi connectivity index (χ1) is 33.2. The Balaban J connectivity index is 1.33. The van der Waals surface area contributed by atoms with Crippen LogP contribution in [0.25, 0.3) is 5.76 Å². The summed E-state index contributed by atoms with van der Waals surface area (Å²) in [6.45, 7) is 6.47. The van der Waals surface area contributed by atoms with Crippen molar-refractivity contribution in [3.05, 3.63) is 151 Å². The molecule has 3 heterocycles. The van der Waals surface area contributed by atoms with E-state index in [0.29, 0.717) is 9.14 Å². The van der Waals surface area contributed by atoms with E-state index in [1.807, 2.05) is 97.9 Å². The third-order valence-corrected chi connectivity index (χ3v) is 12.3. The van der Waals surface area contributed by atoms with Crippen molar-refractivity contribution in [3.8, 4) is 0 Å². The number of hydrogen-bond acceptors (Lipinski definition) is 17. The van der Waals surface area contributed by atoms with Crippen molar-refractivity contribution in [2.24, 2.45) is 4.99 Å². The Bertz CT molecular complexity index is 2530. The average molecular weight is 1060 g/mol. The molecule has 3 aliphatic heterocycles. The lowest BCUT2D eigenvalue weighted by Gasteiger charge is -2.45. The summed E-state index contributed by atoms with van der Waals surface area (Å²) in [6, 6.07) is 33.1. The monoisotopic (exact) mass is 1060 g/mol. The third-order valence-electron chi connectivity index (χ3n) is 11.2. The van der Waals surface area contributed by atoms with Gasteiger partial charge in [0.1, 0.15) is 42.9 Å². The summed E-state index contributed by atoms with van der Waals surface area (Å²) in [6.07, 6.45) is -11.2. The average Bonchev–Trinajstić information content (AvgIpc) is 3.68. The molecule has 364 valence electrons. The minimum Gasteiger partial charge on any atom is -0.463 e. The highest BCUT2D eigenvalue weighted by atomic mass is 127. The molecule has 0 N–H and O–H groups in total. The lowest BCUT2D eigenvalue weighted by Crippen LogP contribution is -2.62. The summed E-state index contributed by atoms with van der Waals surface area (Å²) >= 11 is 2.11. The van der Waals surface area contributed by atoms with Crippen LogP contribution in [0.5, 0.6) is 0 Å². The van der Waals surface area contributed by atoms with Crippen molar-refractivity contribution in [2.45, 2.75) is 116 Å². The molecular formula is C50H51IN2O16. The van der Waals surface area contributed by atoms with Crippen LogP contribution in [0.3, 0.4) is 0 Å². The lowest BCUT2D eigenvalue weighted by molar-refractivity contribution is -0.384. The number of benzene rings is 4. The zero-order chi connectivity index (χ0) is 49.2. The maximum absolute atomic E-state index is 12.7. The van der Waals surface area contributed by atoms with Gasteiger partial charge in [0, 0.05) is 45.4 Å². The van der Waals surface area contributed by atoms with Crippen LogP contribution in [0.15, 0.2) is 118 Å². The van der Waals surface area contributed by atoms with Crippen LogP contribution < -0.4 is 0 Å². The maximum atomic E-state index is 12.7. The number of esters is 4. The second-order valence-electron chi connectivity index (χ2n) is 16.3. The molecule has 10 atom stereocenters. The predicted octanol–water partition coefficient (Wildman–Crippen LogP) is 7.10. The fourth-order valence-electron chi connectivity index (χ4n) is 8.17. The Labute approximate surface area is 411 Å². The number of nitro groups is 1. The highest BCUT2D eigenvalue weighted by molar-refractivity contribution is 14.1. The van der Waals surface area contributed by atoms with Crippen molar-refractivity contribution in [1.82, 2.24) is 0 Å². The fraction of sp³-hybridized carbons (Fsp3) is 0.380. The normalized spacial score (nSPS) is 26.5. The number of non-ortho nitro benzene ring substituents is 1. The van der Waals surface area contributed by atoms with Gasteiger partial charge < -0.3 is 47.4 Å². The molecule has 0 aliphatic carbocycles. The van der Waals surface area contributed by atoms with Crippen LogP contribution in [0.4, 0.5) is 5.69 Å². The molecule has 2 saturated heterocycles. The smallest absolute Gasteiger partial charge is 0.303 e. The first-order valence-corrected chi connectivity index (χ1v) is 23.1. The molecule has 2 fully saturated rings. The molecule has 4 aromatic carbocycles. The number of halogens is 1.